The fourth-order valence-corrected chi connectivity index (χ4v) is 3.96. The van der Waals surface area contributed by atoms with E-state index in [4.69, 9.17) is 21.6 Å². The summed E-state index contributed by atoms with van der Waals surface area (Å²) >= 11 is 5.78. The fourth-order valence-electron chi connectivity index (χ4n) is 3.72. The molecule has 1 aromatic carbocycles. The normalized spacial score (nSPS) is 16.4. The van der Waals surface area contributed by atoms with Gasteiger partial charge in [0.15, 0.2) is 5.69 Å². The number of ether oxygens (including phenoxy) is 1. The molecule has 0 radical (unpaired) electrons. The minimum Gasteiger partial charge on any atom is -0.495 e. The average Bonchev–Trinajstić information content (AvgIpc) is 3.02. The van der Waals surface area contributed by atoms with E-state index in [1.54, 1.807) is 6.07 Å². The summed E-state index contributed by atoms with van der Waals surface area (Å²) in [7, 11) is 1.51. The van der Waals surface area contributed by atoms with Gasteiger partial charge in [-0.2, -0.15) is 23.5 Å². The Morgan fingerprint density at radius 3 is 2.57 bits per heavy atom. The Morgan fingerprint density at radius 1 is 1.37 bits per heavy atom. The van der Waals surface area contributed by atoms with Gasteiger partial charge in [-0.3, -0.25) is 4.68 Å². The lowest BCUT2D eigenvalue weighted by atomic mass is 9.91. The van der Waals surface area contributed by atoms with E-state index >= 15 is 0 Å². The first-order chi connectivity index (χ1) is 14.2. The van der Waals surface area contributed by atoms with Gasteiger partial charge < -0.3 is 14.7 Å². The summed E-state index contributed by atoms with van der Waals surface area (Å²) in [6.07, 6.45) is -4.13. The van der Waals surface area contributed by atoms with Crippen LogP contribution in [0, 0.1) is 24.2 Å². The molecule has 1 atom stereocenters. The Labute approximate surface area is 177 Å². The maximum atomic E-state index is 13.0. The van der Waals surface area contributed by atoms with Crippen molar-refractivity contribution in [2.24, 2.45) is 5.92 Å². The van der Waals surface area contributed by atoms with Gasteiger partial charge >= 0.3 is 6.18 Å². The van der Waals surface area contributed by atoms with Crippen molar-refractivity contribution in [3.63, 3.8) is 0 Å². The van der Waals surface area contributed by atoms with Gasteiger partial charge in [0, 0.05) is 24.8 Å². The lowest BCUT2D eigenvalue weighted by molar-refractivity contribution is -0.141. The van der Waals surface area contributed by atoms with E-state index in [0.29, 0.717) is 37.2 Å². The van der Waals surface area contributed by atoms with Crippen LogP contribution < -0.4 is 9.64 Å². The Bertz CT molecular complexity index is 947. The molecule has 0 amide bonds. The van der Waals surface area contributed by atoms with Crippen molar-refractivity contribution in [3.8, 4) is 11.8 Å². The number of hydrogen-bond donors (Lipinski definition) is 1. The van der Waals surface area contributed by atoms with Crippen LogP contribution in [-0.2, 0) is 12.7 Å². The third kappa shape index (κ3) is 4.50. The third-order valence-corrected chi connectivity index (χ3v) is 5.97. The van der Waals surface area contributed by atoms with Gasteiger partial charge in [0.05, 0.1) is 36.0 Å². The Kier molecular flexibility index (Phi) is 6.48. The molecule has 1 N–H and O–H groups in total. The van der Waals surface area contributed by atoms with E-state index < -0.39 is 23.0 Å². The molecule has 162 valence electrons. The van der Waals surface area contributed by atoms with E-state index in [0.717, 1.165) is 10.4 Å². The Hall–Kier alpha value is -2.44. The summed E-state index contributed by atoms with van der Waals surface area (Å²) in [4.78, 5) is 2.13. The Balaban J connectivity index is 1.64. The van der Waals surface area contributed by atoms with E-state index in [9.17, 15) is 18.3 Å². The molecular weight excluding hydrogens is 421 g/mol. The molecule has 10 heteroatoms. The number of anilines is 1. The fraction of sp³-hybridized carbons (Fsp3) is 0.500. The molecule has 1 fully saturated rings. The number of hydrogen-bond acceptors (Lipinski definition) is 5. The number of aromatic nitrogens is 2. The van der Waals surface area contributed by atoms with Crippen LogP contribution in [0.15, 0.2) is 18.2 Å². The SMILES string of the molecule is COc1cc(N2CCC(C(O)Cn3nc(C(F)(F)F)c(Cl)c3C)CC2)ccc1C#N. The minimum absolute atomic E-state index is 0.0447. The molecular formula is C20H22ClF3N4O2. The number of piperidine rings is 1. The second-order valence-corrected chi connectivity index (χ2v) is 7.69. The molecule has 1 aromatic heterocycles. The number of rotatable bonds is 5. The van der Waals surface area contributed by atoms with Crippen LogP contribution in [0.3, 0.4) is 0 Å². The summed E-state index contributed by atoms with van der Waals surface area (Å²) in [6.45, 7) is 2.75. The van der Waals surface area contributed by atoms with Gasteiger partial charge in [0.25, 0.3) is 0 Å². The van der Waals surface area contributed by atoms with Gasteiger partial charge in [0.2, 0.25) is 0 Å². The maximum absolute atomic E-state index is 13.0. The number of benzene rings is 1. The van der Waals surface area contributed by atoms with E-state index in [1.165, 1.54) is 14.0 Å². The van der Waals surface area contributed by atoms with E-state index in [-0.39, 0.29) is 18.2 Å². The second kappa shape index (κ2) is 8.74. The molecule has 1 saturated heterocycles. The number of methoxy groups -OCH3 is 1. The highest BCUT2D eigenvalue weighted by Crippen LogP contribution is 2.36. The lowest BCUT2D eigenvalue weighted by Gasteiger charge is -2.35. The summed E-state index contributed by atoms with van der Waals surface area (Å²) in [6, 6.07) is 7.44. The number of aliphatic hydroxyl groups is 1. The highest BCUT2D eigenvalue weighted by Gasteiger charge is 2.38. The number of halogens is 4. The molecule has 0 saturated carbocycles. The van der Waals surface area contributed by atoms with Crippen molar-refractivity contribution < 1.29 is 23.0 Å². The molecule has 0 spiro atoms. The van der Waals surface area contributed by atoms with Gasteiger partial charge in [-0.15, -0.1) is 0 Å². The summed E-state index contributed by atoms with van der Waals surface area (Å²) in [5.41, 5.74) is 0.435. The quantitative estimate of drug-likeness (QED) is 0.757. The van der Waals surface area contributed by atoms with E-state index in [1.807, 2.05) is 12.1 Å². The predicted octanol–water partition coefficient (Wildman–Crippen LogP) is 4.02. The first-order valence-corrected chi connectivity index (χ1v) is 9.84. The highest BCUT2D eigenvalue weighted by molar-refractivity contribution is 6.31. The van der Waals surface area contributed by atoms with Gasteiger partial charge in [-0.05, 0) is 37.8 Å². The highest BCUT2D eigenvalue weighted by atomic mass is 35.5. The number of aliphatic hydroxyl groups excluding tert-OH is 1. The van der Waals surface area contributed by atoms with Crippen molar-refractivity contribution >= 4 is 17.3 Å². The zero-order chi connectivity index (χ0) is 22.1. The molecule has 1 aliphatic heterocycles. The molecule has 3 rings (SSSR count). The average molecular weight is 443 g/mol. The zero-order valence-corrected chi connectivity index (χ0v) is 17.3. The number of nitrogens with zero attached hydrogens (tertiary/aromatic N) is 4. The van der Waals surface area contributed by atoms with E-state index in [2.05, 4.69) is 16.1 Å². The minimum atomic E-state index is -4.63. The Morgan fingerprint density at radius 2 is 2.03 bits per heavy atom. The molecule has 1 unspecified atom stereocenters. The number of alkyl halides is 3. The molecule has 2 heterocycles. The first kappa shape index (κ1) is 22.2. The van der Waals surface area contributed by atoms with Crippen molar-refractivity contribution in [3.05, 3.63) is 40.2 Å². The molecule has 30 heavy (non-hydrogen) atoms. The summed E-state index contributed by atoms with van der Waals surface area (Å²) in [5, 5.41) is 22.8. The van der Waals surface area contributed by atoms with Crippen LogP contribution in [0.1, 0.15) is 29.8 Å². The summed E-state index contributed by atoms with van der Waals surface area (Å²) < 4.78 is 45.3. The topological polar surface area (TPSA) is 74.3 Å². The maximum Gasteiger partial charge on any atom is 0.436 e. The van der Waals surface area contributed by atoms with Crippen LogP contribution in [0.2, 0.25) is 5.02 Å². The van der Waals surface area contributed by atoms with Crippen molar-refractivity contribution in [2.75, 3.05) is 25.1 Å². The predicted molar refractivity (Wildman–Crippen MR) is 106 cm³/mol. The molecule has 1 aliphatic rings. The smallest absolute Gasteiger partial charge is 0.436 e. The molecule has 2 aromatic rings. The van der Waals surface area contributed by atoms with Crippen LogP contribution in [0.5, 0.6) is 5.75 Å². The molecule has 6 nitrogen and oxygen atoms in total. The van der Waals surface area contributed by atoms with Crippen LogP contribution in [-0.4, -0.2) is 41.2 Å². The third-order valence-electron chi connectivity index (χ3n) is 5.52. The largest absolute Gasteiger partial charge is 0.495 e. The van der Waals surface area contributed by atoms with Crippen LogP contribution >= 0.6 is 11.6 Å². The van der Waals surface area contributed by atoms with Gasteiger partial charge in [-0.1, -0.05) is 11.6 Å². The molecule has 0 aliphatic carbocycles. The standard InChI is InChI=1S/C20H22ClF3N4O2/c1-12-18(21)19(20(22,23)24)26-28(12)11-16(29)13-5-7-27(8-6-13)15-4-3-14(10-25)17(9-15)30-2/h3-4,9,13,16,29H,5-8,11H2,1-2H3. The van der Waals surface area contributed by atoms with Gasteiger partial charge in [-0.25, -0.2) is 0 Å². The van der Waals surface area contributed by atoms with Crippen molar-refractivity contribution in [2.45, 2.75) is 38.6 Å². The monoisotopic (exact) mass is 442 g/mol. The van der Waals surface area contributed by atoms with Crippen LogP contribution in [0.4, 0.5) is 18.9 Å². The van der Waals surface area contributed by atoms with Crippen molar-refractivity contribution in [1.82, 2.24) is 9.78 Å². The second-order valence-electron chi connectivity index (χ2n) is 7.32. The lowest BCUT2D eigenvalue weighted by Crippen LogP contribution is -2.39. The summed E-state index contributed by atoms with van der Waals surface area (Å²) in [5.74, 6) is 0.432. The van der Waals surface area contributed by atoms with Crippen molar-refractivity contribution in [1.29, 1.82) is 5.26 Å². The number of nitriles is 1. The molecule has 0 bridgehead atoms. The zero-order valence-electron chi connectivity index (χ0n) is 16.6. The first-order valence-electron chi connectivity index (χ1n) is 9.47. The van der Waals surface area contributed by atoms with Crippen LogP contribution in [0.25, 0.3) is 0 Å². The van der Waals surface area contributed by atoms with Gasteiger partial charge in [0.1, 0.15) is 11.8 Å².